The van der Waals surface area contributed by atoms with E-state index >= 15 is 0 Å². The van der Waals surface area contributed by atoms with Crippen molar-refractivity contribution in [3.63, 3.8) is 0 Å². The molecule has 0 bridgehead atoms. The maximum atomic E-state index is 12.2. The standard InChI is InChI=1S/C18H20N2O2S2/c21-17(6-3-9-19-18(22)13-7-10-23-12-13)20-15-8-11-24-16-5-2-1-4-14(15)16/h1-2,4-5,7,10,12,15H,3,6,8-9,11H2,(H,19,22)(H,20,21). The second kappa shape index (κ2) is 8.35. The molecule has 0 fully saturated rings. The molecule has 0 spiro atoms. The lowest BCUT2D eigenvalue weighted by Gasteiger charge is -2.25. The monoisotopic (exact) mass is 360 g/mol. The second-order valence-corrected chi connectivity index (χ2v) is 7.58. The van der Waals surface area contributed by atoms with E-state index in [2.05, 4.69) is 22.8 Å². The van der Waals surface area contributed by atoms with Gasteiger partial charge in [0.25, 0.3) is 5.91 Å². The van der Waals surface area contributed by atoms with Crippen molar-refractivity contribution in [2.24, 2.45) is 0 Å². The molecule has 1 aromatic carbocycles. The third-order valence-corrected chi connectivity index (χ3v) is 5.75. The molecule has 1 aliphatic rings. The minimum Gasteiger partial charge on any atom is -0.352 e. The predicted molar refractivity (Wildman–Crippen MR) is 98.6 cm³/mol. The summed E-state index contributed by atoms with van der Waals surface area (Å²) in [6.07, 6.45) is 2.03. The number of fused-ring (bicyclic) bond motifs is 1. The van der Waals surface area contributed by atoms with E-state index in [1.165, 1.54) is 21.8 Å². The highest BCUT2D eigenvalue weighted by molar-refractivity contribution is 7.99. The SMILES string of the molecule is O=C(CCCNC(=O)c1ccsc1)NC1CCSc2ccccc21. The maximum absolute atomic E-state index is 12.2. The Morgan fingerprint density at radius 1 is 1.21 bits per heavy atom. The van der Waals surface area contributed by atoms with E-state index in [1.54, 1.807) is 6.07 Å². The summed E-state index contributed by atoms with van der Waals surface area (Å²) < 4.78 is 0. The molecule has 24 heavy (non-hydrogen) atoms. The van der Waals surface area contributed by atoms with Crippen LogP contribution < -0.4 is 10.6 Å². The molecule has 126 valence electrons. The molecule has 2 amide bonds. The molecule has 1 aliphatic heterocycles. The second-order valence-electron chi connectivity index (χ2n) is 5.67. The Hall–Kier alpha value is -1.79. The average Bonchev–Trinajstić information content (AvgIpc) is 3.14. The highest BCUT2D eigenvalue weighted by atomic mass is 32.2. The van der Waals surface area contributed by atoms with Gasteiger partial charge in [-0.1, -0.05) is 18.2 Å². The first-order valence-corrected chi connectivity index (χ1v) is 9.98. The molecule has 2 heterocycles. The van der Waals surface area contributed by atoms with E-state index in [1.807, 2.05) is 34.7 Å². The van der Waals surface area contributed by atoms with E-state index in [-0.39, 0.29) is 17.9 Å². The number of carbonyl (C=O) groups excluding carboxylic acids is 2. The molecule has 0 radical (unpaired) electrons. The number of carbonyl (C=O) groups is 2. The largest absolute Gasteiger partial charge is 0.352 e. The van der Waals surface area contributed by atoms with E-state index < -0.39 is 0 Å². The molecule has 0 aliphatic carbocycles. The van der Waals surface area contributed by atoms with Crippen molar-refractivity contribution in [3.8, 4) is 0 Å². The third-order valence-electron chi connectivity index (χ3n) is 3.94. The summed E-state index contributed by atoms with van der Waals surface area (Å²) in [6.45, 7) is 0.513. The zero-order chi connectivity index (χ0) is 16.8. The minimum atomic E-state index is -0.0742. The van der Waals surface area contributed by atoms with E-state index in [0.717, 1.165) is 12.2 Å². The van der Waals surface area contributed by atoms with E-state index in [0.29, 0.717) is 24.9 Å². The Labute approximate surface area is 150 Å². The van der Waals surface area contributed by atoms with Crippen molar-refractivity contribution < 1.29 is 9.59 Å². The summed E-state index contributed by atoms with van der Waals surface area (Å²) in [5, 5.41) is 9.67. The minimum absolute atomic E-state index is 0.0477. The topological polar surface area (TPSA) is 58.2 Å². The number of benzene rings is 1. The van der Waals surface area contributed by atoms with Crippen LogP contribution in [-0.4, -0.2) is 24.1 Å². The Morgan fingerprint density at radius 3 is 2.92 bits per heavy atom. The lowest BCUT2D eigenvalue weighted by molar-refractivity contribution is -0.122. The Bertz CT molecular complexity index is 701. The van der Waals surface area contributed by atoms with E-state index in [4.69, 9.17) is 0 Å². The maximum Gasteiger partial charge on any atom is 0.252 e. The van der Waals surface area contributed by atoms with Crippen LogP contribution in [0.3, 0.4) is 0 Å². The van der Waals surface area contributed by atoms with Crippen LogP contribution in [0, 0.1) is 0 Å². The van der Waals surface area contributed by atoms with Gasteiger partial charge in [0.1, 0.15) is 0 Å². The molecule has 3 rings (SSSR count). The van der Waals surface area contributed by atoms with Crippen molar-refractivity contribution in [2.75, 3.05) is 12.3 Å². The summed E-state index contributed by atoms with van der Waals surface area (Å²) in [6, 6.07) is 10.2. The molecule has 2 N–H and O–H groups in total. The van der Waals surface area contributed by atoms with Gasteiger partial charge in [0.2, 0.25) is 5.91 Å². The Balaban J connectivity index is 1.41. The summed E-state index contributed by atoms with van der Waals surface area (Å²) >= 11 is 3.34. The molecular weight excluding hydrogens is 340 g/mol. The van der Waals surface area contributed by atoms with Crippen molar-refractivity contribution in [1.29, 1.82) is 0 Å². The highest BCUT2D eigenvalue weighted by Crippen LogP contribution is 2.35. The van der Waals surface area contributed by atoms with Crippen molar-refractivity contribution in [1.82, 2.24) is 10.6 Å². The molecular formula is C18H20N2O2S2. The number of thiophene rings is 1. The molecule has 1 atom stereocenters. The Kier molecular flexibility index (Phi) is 5.93. The van der Waals surface area contributed by atoms with Crippen LogP contribution in [0.2, 0.25) is 0 Å². The van der Waals surface area contributed by atoms with Crippen molar-refractivity contribution in [2.45, 2.75) is 30.2 Å². The molecule has 4 nitrogen and oxygen atoms in total. The van der Waals surface area contributed by atoms with Gasteiger partial charge in [-0.25, -0.2) is 0 Å². The molecule has 0 saturated heterocycles. The van der Waals surface area contributed by atoms with Crippen LogP contribution in [-0.2, 0) is 4.79 Å². The van der Waals surface area contributed by atoms with Gasteiger partial charge in [0.05, 0.1) is 6.04 Å². The number of hydrogen-bond acceptors (Lipinski definition) is 4. The van der Waals surface area contributed by atoms with E-state index in [9.17, 15) is 9.59 Å². The average molecular weight is 361 g/mol. The number of rotatable bonds is 6. The first-order chi connectivity index (χ1) is 11.7. The zero-order valence-electron chi connectivity index (χ0n) is 13.3. The normalized spacial score (nSPS) is 16.2. The smallest absolute Gasteiger partial charge is 0.252 e. The van der Waals surface area contributed by atoms with Gasteiger partial charge in [-0.05, 0) is 35.9 Å². The van der Waals surface area contributed by atoms with Crippen LogP contribution in [0.4, 0.5) is 0 Å². The van der Waals surface area contributed by atoms with Crippen molar-refractivity contribution in [3.05, 3.63) is 52.2 Å². The van der Waals surface area contributed by atoms with Gasteiger partial charge in [0.15, 0.2) is 0 Å². The number of thioether (sulfide) groups is 1. The van der Waals surface area contributed by atoms with Gasteiger partial charge in [-0.2, -0.15) is 11.3 Å². The van der Waals surface area contributed by atoms with Crippen LogP contribution in [0.25, 0.3) is 0 Å². The van der Waals surface area contributed by atoms with Crippen LogP contribution in [0.1, 0.15) is 41.2 Å². The highest BCUT2D eigenvalue weighted by Gasteiger charge is 2.21. The first kappa shape index (κ1) is 17.0. The lowest BCUT2D eigenvalue weighted by Crippen LogP contribution is -2.31. The van der Waals surface area contributed by atoms with Gasteiger partial charge >= 0.3 is 0 Å². The number of hydrogen-bond donors (Lipinski definition) is 2. The molecule has 0 saturated carbocycles. The quantitative estimate of drug-likeness (QED) is 0.774. The zero-order valence-corrected chi connectivity index (χ0v) is 14.9. The van der Waals surface area contributed by atoms with Gasteiger partial charge in [0, 0.05) is 34.6 Å². The van der Waals surface area contributed by atoms with Gasteiger partial charge < -0.3 is 10.6 Å². The Morgan fingerprint density at radius 2 is 2.08 bits per heavy atom. The van der Waals surface area contributed by atoms with Gasteiger partial charge in [-0.3, -0.25) is 9.59 Å². The summed E-state index contributed by atoms with van der Waals surface area (Å²) in [7, 11) is 0. The van der Waals surface area contributed by atoms with Crippen LogP contribution in [0.5, 0.6) is 0 Å². The molecule has 1 aromatic heterocycles. The van der Waals surface area contributed by atoms with Gasteiger partial charge in [-0.15, -0.1) is 11.8 Å². The summed E-state index contributed by atoms with van der Waals surface area (Å²) in [4.78, 5) is 25.2. The molecule has 2 aromatic rings. The van der Waals surface area contributed by atoms with Crippen LogP contribution >= 0.6 is 23.1 Å². The fourth-order valence-corrected chi connectivity index (χ4v) is 4.47. The summed E-state index contributed by atoms with van der Waals surface area (Å²) in [5.74, 6) is 1.000. The summed E-state index contributed by atoms with van der Waals surface area (Å²) in [5.41, 5.74) is 1.90. The fraction of sp³-hybridized carbons (Fsp3) is 0.333. The molecule has 1 unspecified atom stereocenters. The number of amides is 2. The fourth-order valence-electron chi connectivity index (χ4n) is 2.71. The first-order valence-electron chi connectivity index (χ1n) is 8.05. The third kappa shape index (κ3) is 4.39. The predicted octanol–water partition coefficient (Wildman–Crippen LogP) is 3.61. The lowest BCUT2D eigenvalue weighted by atomic mass is 10.0. The van der Waals surface area contributed by atoms with Crippen LogP contribution in [0.15, 0.2) is 46.0 Å². The molecule has 6 heteroatoms. The number of nitrogens with one attached hydrogen (secondary N) is 2. The van der Waals surface area contributed by atoms with Crippen molar-refractivity contribution >= 4 is 34.9 Å².